The van der Waals surface area contributed by atoms with Gasteiger partial charge in [0.25, 0.3) is 0 Å². The number of aromatic nitrogens is 2. The second-order valence-electron chi connectivity index (χ2n) is 4.53. The Balaban J connectivity index is 1.56. The van der Waals surface area contributed by atoms with Crippen LogP contribution in [0.1, 0.15) is 12.8 Å². The topological polar surface area (TPSA) is 46.9 Å². The van der Waals surface area contributed by atoms with Crippen LogP contribution in [0.4, 0.5) is 4.39 Å². The van der Waals surface area contributed by atoms with Gasteiger partial charge in [-0.05, 0) is 18.6 Å². The van der Waals surface area contributed by atoms with Crippen LogP contribution in [0.15, 0.2) is 47.9 Å². The summed E-state index contributed by atoms with van der Waals surface area (Å²) in [6, 6.07) is 6.61. The standard InChI is InChI=1S/C15H18FN3OS/c16-13-4-1-2-5-14(13)21-11-6-15(20)18-7-3-9-19-10-8-17-12-19/h1-2,4-5,8,10,12H,3,6-7,9,11H2,(H,18,20). The van der Waals surface area contributed by atoms with Gasteiger partial charge < -0.3 is 9.88 Å². The van der Waals surface area contributed by atoms with Gasteiger partial charge in [0.1, 0.15) is 5.82 Å². The Morgan fingerprint density at radius 2 is 2.24 bits per heavy atom. The Bertz CT molecular complexity index is 560. The molecule has 0 aliphatic heterocycles. The number of nitrogens with one attached hydrogen (secondary N) is 1. The normalized spacial score (nSPS) is 10.5. The zero-order chi connectivity index (χ0) is 14.9. The van der Waals surface area contributed by atoms with Crippen molar-refractivity contribution in [3.05, 3.63) is 48.8 Å². The largest absolute Gasteiger partial charge is 0.356 e. The summed E-state index contributed by atoms with van der Waals surface area (Å²) in [7, 11) is 0. The summed E-state index contributed by atoms with van der Waals surface area (Å²) in [4.78, 5) is 16.2. The number of hydrogen-bond donors (Lipinski definition) is 1. The zero-order valence-corrected chi connectivity index (χ0v) is 12.5. The number of benzene rings is 1. The summed E-state index contributed by atoms with van der Waals surface area (Å²) in [5.41, 5.74) is 0. The van der Waals surface area contributed by atoms with E-state index in [2.05, 4.69) is 10.3 Å². The highest BCUT2D eigenvalue weighted by Crippen LogP contribution is 2.21. The van der Waals surface area contributed by atoms with Gasteiger partial charge in [0, 0.05) is 42.6 Å². The van der Waals surface area contributed by atoms with E-state index in [0.717, 1.165) is 13.0 Å². The quantitative estimate of drug-likeness (QED) is 0.602. The van der Waals surface area contributed by atoms with Crippen LogP contribution in [0.5, 0.6) is 0 Å². The molecule has 2 rings (SSSR count). The Labute approximate surface area is 127 Å². The number of halogens is 1. The van der Waals surface area contributed by atoms with Gasteiger partial charge >= 0.3 is 0 Å². The third-order valence-corrected chi connectivity index (χ3v) is 3.95. The van der Waals surface area contributed by atoms with E-state index in [4.69, 9.17) is 0 Å². The number of rotatable bonds is 8. The molecule has 2 aromatic rings. The first-order valence-electron chi connectivity index (χ1n) is 6.85. The number of carbonyl (C=O) groups is 1. The molecule has 0 aliphatic carbocycles. The second kappa shape index (κ2) is 8.46. The molecule has 1 heterocycles. The summed E-state index contributed by atoms with van der Waals surface area (Å²) in [5.74, 6) is 0.349. The van der Waals surface area contributed by atoms with E-state index in [1.54, 1.807) is 30.7 Å². The SMILES string of the molecule is O=C(CCSc1ccccc1F)NCCCn1ccnc1. The van der Waals surface area contributed by atoms with Crippen LogP contribution in [0.3, 0.4) is 0 Å². The average molecular weight is 307 g/mol. The number of hydrogen-bond acceptors (Lipinski definition) is 3. The molecule has 0 bridgehead atoms. The van der Waals surface area contributed by atoms with Crippen LogP contribution in [-0.4, -0.2) is 27.8 Å². The predicted molar refractivity (Wildman–Crippen MR) is 81.6 cm³/mol. The smallest absolute Gasteiger partial charge is 0.220 e. The molecule has 6 heteroatoms. The molecule has 112 valence electrons. The Morgan fingerprint density at radius 3 is 3.00 bits per heavy atom. The molecule has 1 N–H and O–H groups in total. The van der Waals surface area contributed by atoms with Crippen molar-refractivity contribution < 1.29 is 9.18 Å². The summed E-state index contributed by atoms with van der Waals surface area (Å²) in [6.45, 7) is 1.48. The maximum absolute atomic E-state index is 13.4. The molecule has 4 nitrogen and oxygen atoms in total. The van der Waals surface area contributed by atoms with Gasteiger partial charge in [-0.3, -0.25) is 4.79 Å². The third kappa shape index (κ3) is 5.59. The minimum atomic E-state index is -0.233. The van der Waals surface area contributed by atoms with Gasteiger partial charge in [-0.25, -0.2) is 9.37 Å². The minimum Gasteiger partial charge on any atom is -0.356 e. The fourth-order valence-electron chi connectivity index (χ4n) is 1.81. The Kier molecular flexibility index (Phi) is 6.27. The predicted octanol–water partition coefficient (Wildman–Crippen LogP) is 2.71. The second-order valence-corrected chi connectivity index (χ2v) is 5.67. The van der Waals surface area contributed by atoms with Crippen molar-refractivity contribution in [2.24, 2.45) is 0 Å². The lowest BCUT2D eigenvalue weighted by Crippen LogP contribution is -2.25. The van der Waals surface area contributed by atoms with Crippen molar-refractivity contribution in [3.8, 4) is 0 Å². The molecule has 0 fully saturated rings. The van der Waals surface area contributed by atoms with E-state index in [9.17, 15) is 9.18 Å². The molecular formula is C15H18FN3OS. The molecule has 1 amide bonds. The lowest BCUT2D eigenvalue weighted by atomic mass is 10.3. The Hall–Kier alpha value is -1.82. The fraction of sp³-hybridized carbons (Fsp3) is 0.333. The molecular weight excluding hydrogens is 289 g/mol. The monoisotopic (exact) mass is 307 g/mol. The lowest BCUT2D eigenvalue weighted by Gasteiger charge is -2.06. The minimum absolute atomic E-state index is 0.00414. The van der Waals surface area contributed by atoms with Crippen LogP contribution in [0.25, 0.3) is 0 Å². The molecule has 0 radical (unpaired) electrons. The van der Waals surface area contributed by atoms with E-state index >= 15 is 0 Å². The molecule has 1 aromatic carbocycles. The number of carbonyl (C=O) groups excluding carboxylic acids is 1. The highest BCUT2D eigenvalue weighted by Gasteiger charge is 2.04. The molecule has 0 atom stereocenters. The van der Waals surface area contributed by atoms with Gasteiger partial charge in [-0.2, -0.15) is 0 Å². The van der Waals surface area contributed by atoms with Crippen molar-refractivity contribution in [1.82, 2.24) is 14.9 Å². The van der Waals surface area contributed by atoms with Crippen molar-refractivity contribution in [2.45, 2.75) is 24.3 Å². The first-order chi connectivity index (χ1) is 10.3. The fourth-order valence-corrected chi connectivity index (χ4v) is 2.70. The van der Waals surface area contributed by atoms with Gasteiger partial charge in [0.2, 0.25) is 5.91 Å². The highest BCUT2D eigenvalue weighted by molar-refractivity contribution is 7.99. The van der Waals surface area contributed by atoms with Crippen molar-refractivity contribution in [2.75, 3.05) is 12.3 Å². The first kappa shape index (κ1) is 15.6. The number of imidazole rings is 1. The van der Waals surface area contributed by atoms with Crippen LogP contribution in [0.2, 0.25) is 0 Å². The van der Waals surface area contributed by atoms with E-state index in [1.807, 2.05) is 10.8 Å². The number of thioether (sulfide) groups is 1. The third-order valence-electron chi connectivity index (χ3n) is 2.90. The van der Waals surface area contributed by atoms with Crippen molar-refractivity contribution >= 4 is 17.7 Å². The van der Waals surface area contributed by atoms with Gasteiger partial charge in [0.15, 0.2) is 0 Å². The van der Waals surface area contributed by atoms with E-state index in [0.29, 0.717) is 23.6 Å². The van der Waals surface area contributed by atoms with Gasteiger partial charge in [-0.1, -0.05) is 12.1 Å². The van der Waals surface area contributed by atoms with E-state index in [-0.39, 0.29) is 11.7 Å². The van der Waals surface area contributed by atoms with Crippen LogP contribution in [-0.2, 0) is 11.3 Å². The number of amides is 1. The van der Waals surface area contributed by atoms with Crippen LogP contribution in [0, 0.1) is 5.82 Å². The molecule has 0 aliphatic rings. The molecule has 0 unspecified atom stereocenters. The molecule has 0 saturated heterocycles. The molecule has 0 spiro atoms. The summed E-state index contributed by atoms with van der Waals surface area (Å²) < 4.78 is 15.3. The van der Waals surface area contributed by atoms with Gasteiger partial charge in [-0.15, -0.1) is 11.8 Å². The molecule has 1 aromatic heterocycles. The van der Waals surface area contributed by atoms with Gasteiger partial charge in [0.05, 0.1) is 6.33 Å². The molecule has 0 saturated carbocycles. The molecule has 21 heavy (non-hydrogen) atoms. The summed E-state index contributed by atoms with van der Waals surface area (Å²) >= 11 is 1.36. The van der Waals surface area contributed by atoms with Crippen molar-refractivity contribution in [1.29, 1.82) is 0 Å². The van der Waals surface area contributed by atoms with E-state index in [1.165, 1.54) is 17.8 Å². The van der Waals surface area contributed by atoms with Crippen LogP contribution < -0.4 is 5.32 Å². The summed E-state index contributed by atoms with van der Waals surface area (Å²) in [6.07, 6.45) is 6.64. The lowest BCUT2D eigenvalue weighted by molar-refractivity contribution is -0.120. The Morgan fingerprint density at radius 1 is 1.38 bits per heavy atom. The van der Waals surface area contributed by atoms with E-state index < -0.39 is 0 Å². The average Bonchev–Trinajstić information content (AvgIpc) is 2.99. The van der Waals surface area contributed by atoms with Crippen LogP contribution >= 0.6 is 11.8 Å². The number of nitrogens with zero attached hydrogens (tertiary/aromatic N) is 2. The summed E-state index contributed by atoms with van der Waals surface area (Å²) in [5, 5.41) is 2.87. The number of aryl methyl sites for hydroxylation is 1. The maximum atomic E-state index is 13.4. The maximum Gasteiger partial charge on any atom is 0.220 e. The first-order valence-corrected chi connectivity index (χ1v) is 7.84. The highest BCUT2D eigenvalue weighted by atomic mass is 32.2. The zero-order valence-electron chi connectivity index (χ0n) is 11.7. The van der Waals surface area contributed by atoms with Crippen molar-refractivity contribution in [3.63, 3.8) is 0 Å².